The van der Waals surface area contributed by atoms with Crippen LogP contribution in [-0.4, -0.2) is 22.7 Å². The second kappa shape index (κ2) is 4.00. The molecule has 0 N–H and O–H groups in total. The van der Waals surface area contributed by atoms with Gasteiger partial charge in [-0.2, -0.15) is 0 Å². The molecule has 0 unspecified atom stereocenters. The standard InChI is InChI=1S/C10H9N3O2/c14-13(15)10-2-1-9(7-12-10)8-3-5-11-6-4-8/h1-3,5,7H,4,6H2. The smallest absolute Gasteiger partial charge is 0.358 e. The summed E-state index contributed by atoms with van der Waals surface area (Å²) in [4.78, 5) is 17.7. The monoisotopic (exact) mass is 203 g/mol. The average molecular weight is 203 g/mol. The van der Waals surface area contributed by atoms with Crippen LogP contribution in [-0.2, 0) is 0 Å². The number of allylic oxidation sites excluding steroid dienone is 1. The largest absolute Gasteiger partial charge is 0.363 e. The Kier molecular flexibility index (Phi) is 2.53. The molecule has 1 aliphatic rings. The number of hydrogen-bond acceptors (Lipinski definition) is 4. The molecule has 76 valence electrons. The van der Waals surface area contributed by atoms with Gasteiger partial charge in [-0.1, -0.05) is 0 Å². The van der Waals surface area contributed by atoms with Gasteiger partial charge < -0.3 is 10.1 Å². The van der Waals surface area contributed by atoms with Crippen molar-refractivity contribution < 1.29 is 4.92 Å². The summed E-state index contributed by atoms with van der Waals surface area (Å²) in [7, 11) is 0. The normalized spacial score (nSPS) is 14.8. The lowest BCUT2D eigenvalue weighted by Gasteiger charge is -2.06. The quantitative estimate of drug-likeness (QED) is 0.544. The summed E-state index contributed by atoms with van der Waals surface area (Å²) in [5.74, 6) is -0.121. The predicted octanol–water partition coefficient (Wildman–Crippen LogP) is 1.85. The molecule has 1 aromatic rings. The van der Waals surface area contributed by atoms with Crippen LogP contribution in [0.2, 0.25) is 0 Å². The second-order valence-electron chi connectivity index (χ2n) is 3.16. The Hall–Kier alpha value is -2.04. The van der Waals surface area contributed by atoms with Crippen molar-refractivity contribution in [3.8, 4) is 0 Å². The van der Waals surface area contributed by atoms with Gasteiger partial charge in [0.05, 0.1) is 0 Å². The first-order chi connectivity index (χ1) is 7.27. The van der Waals surface area contributed by atoms with Crippen LogP contribution in [0.25, 0.3) is 5.57 Å². The van der Waals surface area contributed by atoms with Crippen LogP contribution in [0.1, 0.15) is 12.0 Å². The number of nitro groups is 1. The minimum absolute atomic E-state index is 0.121. The first-order valence-corrected chi connectivity index (χ1v) is 4.57. The van der Waals surface area contributed by atoms with Gasteiger partial charge in [-0.25, -0.2) is 0 Å². The number of nitrogens with zero attached hydrogens (tertiary/aromatic N) is 3. The van der Waals surface area contributed by atoms with E-state index in [0.29, 0.717) is 0 Å². The summed E-state index contributed by atoms with van der Waals surface area (Å²) in [6, 6.07) is 3.14. The van der Waals surface area contributed by atoms with Crippen molar-refractivity contribution in [2.75, 3.05) is 6.54 Å². The van der Waals surface area contributed by atoms with E-state index < -0.39 is 4.92 Å². The van der Waals surface area contributed by atoms with Gasteiger partial charge in [0.15, 0.2) is 0 Å². The van der Waals surface area contributed by atoms with Crippen LogP contribution >= 0.6 is 0 Å². The third-order valence-electron chi connectivity index (χ3n) is 2.20. The summed E-state index contributed by atoms with van der Waals surface area (Å²) in [5.41, 5.74) is 2.04. The van der Waals surface area contributed by atoms with Gasteiger partial charge in [0.2, 0.25) is 0 Å². The number of hydrogen-bond donors (Lipinski definition) is 0. The molecule has 0 saturated carbocycles. The zero-order valence-corrected chi connectivity index (χ0v) is 7.96. The van der Waals surface area contributed by atoms with E-state index in [9.17, 15) is 10.1 Å². The van der Waals surface area contributed by atoms with E-state index in [1.54, 1.807) is 12.3 Å². The Labute approximate surface area is 86.3 Å². The Morgan fingerprint density at radius 2 is 2.27 bits per heavy atom. The summed E-state index contributed by atoms with van der Waals surface area (Å²) in [5, 5.41) is 10.4. The van der Waals surface area contributed by atoms with Crippen LogP contribution in [0.5, 0.6) is 0 Å². The molecule has 15 heavy (non-hydrogen) atoms. The number of aromatic nitrogens is 1. The number of aliphatic imine (C=N–C) groups is 1. The van der Waals surface area contributed by atoms with Crippen molar-refractivity contribution in [2.24, 2.45) is 4.99 Å². The molecule has 0 bridgehead atoms. The lowest BCUT2D eigenvalue weighted by Crippen LogP contribution is -1.96. The predicted molar refractivity (Wildman–Crippen MR) is 56.8 cm³/mol. The Morgan fingerprint density at radius 1 is 1.40 bits per heavy atom. The van der Waals surface area contributed by atoms with Gasteiger partial charge in [-0.15, -0.1) is 0 Å². The Balaban J connectivity index is 2.27. The Morgan fingerprint density at radius 3 is 2.80 bits per heavy atom. The maximum atomic E-state index is 10.4. The highest BCUT2D eigenvalue weighted by atomic mass is 16.6. The van der Waals surface area contributed by atoms with Gasteiger partial charge in [0.25, 0.3) is 0 Å². The fourth-order valence-corrected chi connectivity index (χ4v) is 1.41. The molecule has 0 radical (unpaired) electrons. The lowest BCUT2D eigenvalue weighted by molar-refractivity contribution is -0.389. The van der Waals surface area contributed by atoms with Gasteiger partial charge in [-0.3, -0.25) is 4.99 Å². The van der Waals surface area contributed by atoms with Gasteiger partial charge in [0.1, 0.15) is 6.20 Å². The zero-order chi connectivity index (χ0) is 10.7. The van der Waals surface area contributed by atoms with Crippen LogP contribution in [0, 0.1) is 10.1 Å². The topological polar surface area (TPSA) is 68.4 Å². The van der Waals surface area contributed by atoms with E-state index in [-0.39, 0.29) is 5.82 Å². The van der Waals surface area contributed by atoms with Crippen molar-refractivity contribution >= 4 is 17.6 Å². The molecule has 0 spiro atoms. The summed E-state index contributed by atoms with van der Waals surface area (Å²) in [6.07, 6.45) is 6.05. The molecule has 2 heterocycles. The van der Waals surface area contributed by atoms with Gasteiger partial charge in [0, 0.05) is 24.4 Å². The molecule has 1 aliphatic heterocycles. The van der Waals surface area contributed by atoms with E-state index >= 15 is 0 Å². The molecule has 5 heteroatoms. The lowest BCUT2D eigenvalue weighted by atomic mass is 10.0. The molecule has 0 atom stereocenters. The van der Waals surface area contributed by atoms with Crippen LogP contribution in [0.4, 0.5) is 5.82 Å². The molecule has 0 saturated heterocycles. The molecule has 0 aliphatic carbocycles. The van der Waals surface area contributed by atoms with Gasteiger partial charge >= 0.3 is 5.82 Å². The van der Waals surface area contributed by atoms with Crippen molar-refractivity contribution in [1.82, 2.24) is 4.98 Å². The highest BCUT2D eigenvalue weighted by Gasteiger charge is 2.09. The van der Waals surface area contributed by atoms with Crippen LogP contribution in [0.3, 0.4) is 0 Å². The van der Waals surface area contributed by atoms with Crippen molar-refractivity contribution in [3.63, 3.8) is 0 Å². The van der Waals surface area contributed by atoms with Crippen LogP contribution < -0.4 is 0 Å². The van der Waals surface area contributed by atoms with E-state index in [0.717, 1.165) is 24.1 Å². The molecule has 0 aromatic carbocycles. The highest BCUT2D eigenvalue weighted by Crippen LogP contribution is 2.20. The van der Waals surface area contributed by atoms with Gasteiger partial charge in [-0.05, 0) is 34.0 Å². The van der Waals surface area contributed by atoms with E-state index in [2.05, 4.69) is 9.98 Å². The number of dihydropyridines is 1. The average Bonchev–Trinajstić information content (AvgIpc) is 2.30. The first-order valence-electron chi connectivity index (χ1n) is 4.57. The van der Waals surface area contributed by atoms with Crippen LogP contribution in [0.15, 0.2) is 29.4 Å². The van der Waals surface area contributed by atoms with E-state index in [4.69, 9.17) is 0 Å². The minimum Gasteiger partial charge on any atom is -0.358 e. The second-order valence-corrected chi connectivity index (χ2v) is 3.16. The Bertz CT molecular complexity index is 434. The minimum atomic E-state index is -0.500. The third-order valence-corrected chi connectivity index (χ3v) is 2.20. The maximum Gasteiger partial charge on any atom is 0.363 e. The van der Waals surface area contributed by atoms with E-state index in [1.165, 1.54) is 12.3 Å². The highest BCUT2D eigenvalue weighted by molar-refractivity contribution is 5.86. The maximum absolute atomic E-state index is 10.4. The molecule has 2 rings (SSSR count). The fourth-order valence-electron chi connectivity index (χ4n) is 1.41. The summed E-state index contributed by atoms with van der Waals surface area (Å²) >= 11 is 0. The van der Waals surface area contributed by atoms with Crippen molar-refractivity contribution in [3.05, 3.63) is 40.1 Å². The number of pyridine rings is 1. The number of rotatable bonds is 2. The molecule has 5 nitrogen and oxygen atoms in total. The summed E-state index contributed by atoms with van der Waals surface area (Å²) < 4.78 is 0. The zero-order valence-electron chi connectivity index (χ0n) is 7.96. The molecular formula is C10H9N3O2. The van der Waals surface area contributed by atoms with Crippen molar-refractivity contribution in [2.45, 2.75) is 6.42 Å². The fraction of sp³-hybridized carbons (Fsp3) is 0.200. The van der Waals surface area contributed by atoms with E-state index in [1.807, 2.05) is 6.08 Å². The summed E-state index contributed by atoms with van der Waals surface area (Å²) in [6.45, 7) is 0.767. The molecule has 1 aromatic heterocycles. The molecular weight excluding hydrogens is 194 g/mol. The first kappa shape index (κ1) is 9.51. The molecule has 0 fully saturated rings. The SMILES string of the molecule is O=[N+]([O-])c1ccc(C2=CC=NCC2)cn1. The van der Waals surface area contributed by atoms with Crippen molar-refractivity contribution in [1.29, 1.82) is 0 Å². The third kappa shape index (κ3) is 2.07. The molecule has 0 amide bonds.